The Labute approximate surface area is 97.4 Å². The van der Waals surface area contributed by atoms with E-state index in [0.29, 0.717) is 0 Å². The van der Waals surface area contributed by atoms with E-state index in [4.69, 9.17) is 0 Å². The highest BCUT2D eigenvalue weighted by Gasteiger charge is 2.14. The third-order valence-corrected chi connectivity index (χ3v) is 3.32. The van der Waals surface area contributed by atoms with Gasteiger partial charge in [0.05, 0.1) is 10.6 Å². The minimum absolute atomic E-state index is 0. The second kappa shape index (κ2) is 3.87. The Kier molecular flexibility index (Phi) is 2.74. The Hall–Kier alpha value is -0.610. The largest absolute Gasteiger partial charge is 1.00 e. The van der Waals surface area contributed by atoms with E-state index in [2.05, 4.69) is 33.3 Å². The maximum absolute atomic E-state index is 4.61. The molecule has 0 spiro atoms. The molecule has 0 fully saturated rings. The molecule has 74 valence electrons. The van der Waals surface area contributed by atoms with Crippen molar-refractivity contribution in [3.8, 4) is 10.6 Å². The molecule has 4 heteroatoms. The first-order valence-corrected chi connectivity index (χ1v) is 5.41. The minimum atomic E-state index is 0. The van der Waals surface area contributed by atoms with Gasteiger partial charge >= 0.3 is 0 Å². The van der Waals surface area contributed by atoms with E-state index in [9.17, 15) is 0 Å². The van der Waals surface area contributed by atoms with Crippen LogP contribution in [0.2, 0.25) is 0 Å². The third kappa shape index (κ3) is 1.53. The molecule has 3 rings (SSSR count). The predicted molar refractivity (Wildman–Crippen MR) is 53.9 cm³/mol. The van der Waals surface area contributed by atoms with Crippen LogP contribution in [-0.4, -0.2) is 9.55 Å². The molecule has 1 aliphatic rings. The summed E-state index contributed by atoms with van der Waals surface area (Å²) >= 11 is 1.76. The van der Waals surface area contributed by atoms with Gasteiger partial charge < -0.3 is 21.5 Å². The van der Waals surface area contributed by atoms with Crippen molar-refractivity contribution in [1.29, 1.82) is 0 Å². The molecular formula is C10H10BrN2S-. The van der Waals surface area contributed by atoms with Gasteiger partial charge in [0, 0.05) is 19.2 Å². The van der Waals surface area contributed by atoms with E-state index >= 15 is 0 Å². The van der Waals surface area contributed by atoms with Crippen LogP contribution < -0.4 is 17.0 Å². The average molecular weight is 270 g/mol. The lowest BCUT2D eigenvalue weighted by atomic mass is 10.3. The van der Waals surface area contributed by atoms with Gasteiger partial charge in [-0.1, -0.05) is 6.07 Å². The summed E-state index contributed by atoms with van der Waals surface area (Å²) in [6.45, 7) is 1.15. The number of rotatable bonds is 1. The molecule has 0 saturated carbocycles. The quantitative estimate of drug-likeness (QED) is 0.687. The molecule has 2 aromatic heterocycles. The monoisotopic (exact) mass is 269 g/mol. The molecule has 14 heavy (non-hydrogen) atoms. The van der Waals surface area contributed by atoms with Gasteiger partial charge in [0.15, 0.2) is 0 Å². The van der Waals surface area contributed by atoms with Crippen molar-refractivity contribution in [1.82, 2.24) is 9.55 Å². The second-order valence-electron chi connectivity index (χ2n) is 3.32. The molecule has 0 atom stereocenters. The molecule has 0 N–H and O–H groups in total. The number of hydrogen-bond acceptors (Lipinski definition) is 2. The van der Waals surface area contributed by atoms with E-state index in [-0.39, 0.29) is 17.0 Å². The summed E-state index contributed by atoms with van der Waals surface area (Å²) in [5.41, 5.74) is 1.14. The molecule has 2 nitrogen and oxygen atoms in total. The van der Waals surface area contributed by atoms with Crippen LogP contribution in [-0.2, 0) is 13.0 Å². The third-order valence-electron chi connectivity index (χ3n) is 2.43. The van der Waals surface area contributed by atoms with Crippen molar-refractivity contribution >= 4 is 11.3 Å². The second-order valence-corrected chi connectivity index (χ2v) is 4.26. The van der Waals surface area contributed by atoms with Gasteiger partial charge in [0.2, 0.25) is 0 Å². The summed E-state index contributed by atoms with van der Waals surface area (Å²) < 4.78 is 2.27. The molecule has 3 heterocycles. The zero-order valence-electron chi connectivity index (χ0n) is 7.61. The highest BCUT2D eigenvalue weighted by atomic mass is 79.9. The maximum Gasteiger partial charge on any atom is 0.109 e. The smallest absolute Gasteiger partial charge is 0.109 e. The summed E-state index contributed by atoms with van der Waals surface area (Å²) in [5, 5.41) is 2.10. The molecule has 2 aromatic rings. The van der Waals surface area contributed by atoms with Gasteiger partial charge in [-0.3, -0.25) is 0 Å². The number of thiophene rings is 1. The van der Waals surface area contributed by atoms with Gasteiger partial charge in [-0.05, 0) is 17.9 Å². The van der Waals surface area contributed by atoms with Gasteiger partial charge in [-0.15, -0.1) is 11.3 Å². The molecule has 1 aliphatic heterocycles. The molecule has 0 amide bonds. The number of hydrogen-bond donors (Lipinski definition) is 0. The van der Waals surface area contributed by atoms with Gasteiger partial charge in [-0.2, -0.15) is 0 Å². The lowest BCUT2D eigenvalue weighted by Gasteiger charge is -1.90. The van der Waals surface area contributed by atoms with E-state index in [1.165, 1.54) is 17.1 Å². The topological polar surface area (TPSA) is 17.8 Å². The standard InChI is InChI=1S/C10H10N2S.BrH/c1-4-10-11-8(7-12(10)5-1)9-3-2-6-13-9;/h2-3,6-7H,1,4-5H2;1H/p-1. The first-order chi connectivity index (χ1) is 6.43. The fraction of sp³-hybridized carbons (Fsp3) is 0.300. The first kappa shape index (κ1) is 9.93. The van der Waals surface area contributed by atoms with Crippen LogP contribution in [0.1, 0.15) is 12.2 Å². The summed E-state index contributed by atoms with van der Waals surface area (Å²) in [6, 6.07) is 4.20. The minimum Gasteiger partial charge on any atom is -1.00 e. The fourth-order valence-corrected chi connectivity index (χ4v) is 2.48. The Morgan fingerprint density at radius 3 is 3.07 bits per heavy atom. The number of aromatic nitrogens is 2. The zero-order chi connectivity index (χ0) is 8.67. The van der Waals surface area contributed by atoms with Crippen molar-refractivity contribution in [3.05, 3.63) is 29.5 Å². The van der Waals surface area contributed by atoms with Crippen LogP contribution >= 0.6 is 11.3 Å². The van der Waals surface area contributed by atoms with Crippen LogP contribution in [0.15, 0.2) is 23.7 Å². The van der Waals surface area contributed by atoms with Crippen LogP contribution in [0.25, 0.3) is 10.6 Å². The Bertz CT molecular complexity index is 398. The van der Waals surface area contributed by atoms with Gasteiger partial charge in [0.1, 0.15) is 5.82 Å². The summed E-state index contributed by atoms with van der Waals surface area (Å²) in [4.78, 5) is 5.89. The van der Waals surface area contributed by atoms with E-state index in [1.54, 1.807) is 11.3 Å². The zero-order valence-corrected chi connectivity index (χ0v) is 10.0. The number of aryl methyl sites for hydroxylation is 2. The molecule has 0 unspecified atom stereocenters. The summed E-state index contributed by atoms with van der Waals surface area (Å²) in [6.07, 6.45) is 4.58. The van der Waals surface area contributed by atoms with Crippen molar-refractivity contribution in [2.75, 3.05) is 0 Å². The van der Waals surface area contributed by atoms with E-state index < -0.39 is 0 Å². The lowest BCUT2D eigenvalue weighted by Crippen LogP contribution is -3.00. The van der Waals surface area contributed by atoms with Crippen molar-refractivity contribution in [3.63, 3.8) is 0 Å². The molecule has 0 bridgehead atoms. The van der Waals surface area contributed by atoms with Crippen LogP contribution in [0.4, 0.5) is 0 Å². The average Bonchev–Trinajstić information content (AvgIpc) is 2.78. The Morgan fingerprint density at radius 1 is 1.43 bits per heavy atom. The summed E-state index contributed by atoms with van der Waals surface area (Å²) in [5.74, 6) is 1.25. The van der Waals surface area contributed by atoms with Gasteiger partial charge in [0.25, 0.3) is 0 Å². The molecule has 0 aromatic carbocycles. The van der Waals surface area contributed by atoms with Crippen LogP contribution in [0.5, 0.6) is 0 Å². The maximum atomic E-state index is 4.61. The number of nitrogens with zero attached hydrogens (tertiary/aromatic N) is 2. The lowest BCUT2D eigenvalue weighted by molar-refractivity contribution is -0.00000262. The summed E-state index contributed by atoms with van der Waals surface area (Å²) in [7, 11) is 0. The molecule has 0 saturated heterocycles. The predicted octanol–water partition coefficient (Wildman–Crippen LogP) is -0.438. The van der Waals surface area contributed by atoms with E-state index in [1.807, 2.05) is 0 Å². The number of imidazole rings is 1. The van der Waals surface area contributed by atoms with Crippen molar-refractivity contribution < 1.29 is 17.0 Å². The highest BCUT2D eigenvalue weighted by molar-refractivity contribution is 7.13. The Morgan fingerprint density at radius 2 is 2.36 bits per heavy atom. The molecular weight excluding hydrogens is 260 g/mol. The molecule has 0 radical (unpaired) electrons. The normalized spacial score (nSPS) is 13.7. The first-order valence-electron chi connectivity index (χ1n) is 4.53. The fourth-order valence-electron chi connectivity index (χ4n) is 1.80. The number of fused-ring (bicyclic) bond motifs is 1. The molecule has 0 aliphatic carbocycles. The van der Waals surface area contributed by atoms with Crippen molar-refractivity contribution in [2.24, 2.45) is 0 Å². The highest BCUT2D eigenvalue weighted by Crippen LogP contribution is 2.26. The van der Waals surface area contributed by atoms with Crippen LogP contribution in [0, 0.1) is 0 Å². The SMILES string of the molecule is [Br-].c1csc(-c2cn3c(n2)CCC3)c1. The number of halogens is 1. The van der Waals surface area contributed by atoms with E-state index in [0.717, 1.165) is 18.7 Å². The van der Waals surface area contributed by atoms with Crippen LogP contribution in [0.3, 0.4) is 0 Å². The van der Waals surface area contributed by atoms with Gasteiger partial charge in [-0.25, -0.2) is 4.98 Å². The Balaban J connectivity index is 0.000000750. The van der Waals surface area contributed by atoms with Crippen molar-refractivity contribution in [2.45, 2.75) is 19.4 Å².